The van der Waals surface area contributed by atoms with Crippen LogP contribution >= 0.6 is 0 Å². The molecule has 2 saturated heterocycles. The number of hydrogen-bond donors (Lipinski definition) is 2. The number of aromatic amines is 1. The van der Waals surface area contributed by atoms with Crippen LogP contribution in [0.4, 0.5) is 0 Å². The van der Waals surface area contributed by atoms with Gasteiger partial charge in [-0.3, -0.25) is 14.8 Å². The van der Waals surface area contributed by atoms with Crippen LogP contribution in [0.25, 0.3) is 0 Å². The number of carbonyl (C=O) groups excluding carboxylic acids is 1. The molecule has 1 aromatic rings. The first-order chi connectivity index (χ1) is 11.1. The zero-order chi connectivity index (χ0) is 16.2. The lowest BCUT2D eigenvalue weighted by molar-refractivity contribution is -0.130. The molecule has 2 N–H and O–H groups in total. The van der Waals surface area contributed by atoms with Gasteiger partial charge in [0.2, 0.25) is 5.91 Å². The minimum atomic E-state index is -0.206. The smallest absolute Gasteiger partial charge is 0.237 e. The van der Waals surface area contributed by atoms with E-state index in [1.807, 2.05) is 13.8 Å². The van der Waals surface area contributed by atoms with Gasteiger partial charge in [-0.25, -0.2) is 4.98 Å². The van der Waals surface area contributed by atoms with Crippen molar-refractivity contribution in [2.75, 3.05) is 32.8 Å². The first-order valence-corrected chi connectivity index (χ1v) is 8.27. The largest absolute Gasteiger partial charge is 0.376 e. The highest BCUT2D eigenvalue weighted by molar-refractivity contribution is 5.81. The topological polar surface area (TPSA) is 92.4 Å². The van der Waals surface area contributed by atoms with Gasteiger partial charge in [0.25, 0.3) is 0 Å². The average molecular weight is 323 g/mol. The first kappa shape index (κ1) is 16.4. The second-order valence-electron chi connectivity index (χ2n) is 6.19. The summed E-state index contributed by atoms with van der Waals surface area (Å²) in [7, 11) is 0. The molecule has 0 aromatic carbocycles. The van der Waals surface area contributed by atoms with Crippen molar-refractivity contribution in [1.29, 1.82) is 0 Å². The third-order valence-electron chi connectivity index (χ3n) is 4.46. The maximum atomic E-state index is 12.4. The van der Waals surface area contributed by atoms with E-state index >= 15 is 0 Å². The van der Waals surface area contributed by atoms with Gasteiger partial charge in [-0.15, -0.1) is 0 Å². The minimum Gasteiger partial charge on any atom is -0.376 e. The molecule has 0 radical (unpaired) electrons. The summed E-state index contributed by atoms with van der Waals surface area (Å²) in [5.41, 5.74) is 0. The standard InChI is InChI=1S/C15H25N5O3/c1-10(15(21)16-8-12-4-3-6-22-12)20-5-7-23-13(9-20)14-17-11(2)18-19-14/h10,12-13H,3-9H2,1-2H3,(H,16,21)(H,17,18,19)/t10-,12+,13+/m1/s1. The van der Waals surface area contributed by atoms with Crippen molar-refractivity contribution in [1.82, 2.24) is 25.4 Å². The van der Waals surface area contributed by atoms with Gasteiger partial charge in [0.05, 0.1) is 18.8 Å². The molecule has 8 nitrogen and oxygen atoms in total. The Balaban J connectivity index is 1.51. The predicted octanol–water partition coefficient (Wildman–Crippen LogP) is 0.170. The van der Waals surface area contributed by atoms with Crippen LogP contribution in [0.1, 0.15) is 37.5 Å². The Bertz CT molecular complexity index is 529. The summed E-state index contributed by atoms with van der Waals surface area (Å²) < 4.78 is 11.3. The molecule has 3 rings (SSSR count). The Morgan fingerprint density at radius 2 is 2.35 bits per heavy atom. The van der Waals surface area contributed by atoms with Gasteiger partial charge in [-0.1, -0.05) is 0 Å². The molecule has 2 fully saturated rings. The van der Waals surface area contributed by atoms with E-state index in [0.717, 1.165) is 31.8 Å². The Kier molecular flexibility index (Phi) is 5.24. The van der Waals surface area contributed by atoms with Crippen LogP contribution < -0.4 is 5.32 Å². The highest BCUT2D eigenvalue weighted by Crippen LogP contribution is 2.20. The fourth-order valence-electron chi connectivity index (χ4n) is 3.01. The molecule has 0 bridgehead atoms. The van der Waals surface area contributed by atoms with Crippen molar-refractivity contribution in [2.24, 2.45) is 0 Å². The van der Waals surface area contributed by atoms with Crippen molar-refractivity contribution in [2.45, 2.75) is 44.9 Å². The quantitative estimate of drug-likeness (QED) is 0.802. The second kappa shape index (κ2) is 7.37. The zero-order valence-electron chi connectivity index (χ0n) is 13.7. The van der Waals surface area contributed by atoms with Crippen LogP contribution in [0.2, 0.25) is 0 Å². The Morgan fingerprint density at radius 3 is 3.04 bits per heavy atom. The molecule has 2 aliphatic heterocycles. The lowest BCUT2D eigenvalue weighted by Crippen LogP contribution is -2.51. The SMILES string of the molecule is Cc1nc([C@@H]2CN([C@H](C)C(=O)NC[C@@H]3CCCO3)CCO2)n[nH]1. The lowest BCUT2D eigenvalue weighted by Gasteiger charge is -2.35. The van der Waals surface area contributed by atoms with Crippen LogP contribution in [0.3, 0.4) is 0 Å². The van der Waals surface area contributed by atoms with E-state index < -0.39 is 0 Å². The van der Waals surface area contributed by atoms with Gasteiger partial charge in [0, 0.05) is 26.2 Å². The summed E-state index contributed by atoms with van der Waals surface area (Å²) >= 11 is 0. The molecule has 8 heteroatoms. The van der Waals surface area contributed by atoms with Gasteiger partial charge in [0.15, 0.2) is 5.82 Å². The molecule has 0 saturated carbocycles. The van der Waals surface area contributed by atoms with Crippen molar-refractivity contribution < 1.29 is 14.3 Å². The van der Waals surface area contributed by atoms with Crippen LogP contribution in [-0.2, 0) is 14.3 Å². The Labute approximate surface area is 135 Å². The number of aromatic nitrogens is 3. The van der Waals surface area contributed by atoms with Crippen LogP contribution in [-0.4, -0.2) is 71.0 Å². The highest BCUT2D eigenvalue weighted by Gasteiger charge is 2.30. The number of rotatable bonds is 5. The summed E-state index contributed by atoms with van der Waals surface area (Å²) in [6.45, 7) is 7.10. The Hall–Kier alpha value is -1.51. The summed E-state index contributed by atoms with van der Waals surface area (Å²) in [6.07, 6.45) is 2.08. The van der Waals surface area contributed by atoms with E-state index in [9.17, 15) is 4.79 Å². The van der Waals surface area contributed by atoms with E-state index in [-0.39, 0.29) is 24.2 Å². The third kappa shape index (κ3) is 4.07. The number of hydrogen-bond acceptors (Lipinski definition) is 6. The second-order valence-corrected chi connectivity index (χ2v) is 6.19. The number of ether oxygens (including phenoxy) is 2. The van der Waals surface area contributed by atoms with Crippen molar-refractivity contribution in [3.8, 4) is 0 Å². The molecular weight excluding hydrogens is 298 g/mol. The molecule has 1 amide bonds. The van der Waals surface area contributed by atoms with Gasteiger partial charge in [-0.05, 0) is 26.7 Å². The molecule has 23 heavy (non-hydrogen) atoms. The van der Waals surface area contributed by atoms with Crippen LogP contribution in [0.15, 0.2) is 0 Å². The molecule has 0 spiro atoms. The number of carbonyl (C=O) groups is 1. The number of H-pyrrole nitrogens is 1. The average Bonchev–Trinajstić information content (AvgIpc) is 3.23. The molecule has 0 aliphatic carbocycles. The maximum Gasteiger partial charge on any atom is 0.237 e. The molecule has 1 aromatic heterocycles. The highest BCUT2D eigenvalue weighted by atomic mass is 16.5. The summed E-state index contributed by atoms with van der Waals surface area (Å²) in [5.74, 6) is 1.45. The summed E-state index contributed by atoms with van der Waals surface area (Å²) in [6, 6.07) is -0.206. The number of aryl methyl sites for hydroxylation is 1. The Morgan fingerprint density at radius 1 is 1.48 bits per heavy atom. The van der Waals surface area contributed by atoms with Gasteiger partial charge < -0.3 is 14.8 Å². The first-order valence-electron chi connectivity index (χ1n) is 8.27. The van der Waals surface area contributed by atoms with E-state index in [1.165, 1.54) is 0 Å². The van der Waals surface area contributed by atoms with Crippen molar-refractivity contribution in [3.05, 3.63) is 11.6 Å². The normalized spacial score (nSPS) is 27.0. The van der Waals surface area contributed by atoms with Crippen LogP contribution in [0, 0.1) is 6.92 Å². The molecular formula is C15H25N5O3. The zero-order valence-corrected chi connectivity index (χ0v) is 13.7. The summed E-state index contributed by atoms with van der Waals surface area (Å²) in [4.78, 5) is 18.8. The number of morpholine rings is 1. The lowest BCUT2D eigenvalue weighted by atomic mass is 10.2. The monoisotopic (exact) mass is 323 g/mol. The maximum absolute atomic E-state index is 12.4. The molecule has 3 atom stereocenters. The third-order valence-corrected chi connectivity index (χ3v) is 4.46. The molecule has 2 aliphatic rings. The molecule has 0 unspecified atom stereocenters. The summed E-state index contributed by atoms with van der Waals surface area (Å²) in [5, 5.41) is 9.99. The van der Waals surface area contributed by atoms with Crippen LogP contribution in [0.5, 0.6) is 0 Å². The van der Waals surface area contributed by atoms with Crippen molar-refractivity contribution in [3.63, 3.8) is 0 Å². The van der Waals surface area contributed by atoms with E-state index in [4.69, 9.17) is 9.47 Å². The van der Waals surface area contributed by atoms with Crippen molar-refractivity contribution >= 4 is 5.91 Å². The predicted molar refractivity (Wildman–Crippen MR) is 82.8 cm³/mol. The van der Waals surface area contributed by atoms with E-state index in [1.54, 1.807) is 0 Å². The molecule has 128 valence electrons. The van der Waals surface area contributed by atoms with Gasteiger partial charge in [-0.2, -0.15) is 5.10 Å². The van der Waals surface area contributed by atoms with Gasteiger partial charge in [0.1, 0.15) is 11.9 Å². The fourth-order valence-corrected chi connectivity index (χ4v) is 3.01. The van der Waals surface area contributed by atoms with E-state index in [0.29, 0.717) is 25.5 Å². The number of nitrogens with one attached hydrogen (secondary N) is 2. The number of amides is 1. The minimum absolute atomic E-state index is 0.0346. The van der Waals surface area contributed by atoms with E-state index in [2.05, 4.69) is 25.4 Å². The molecule has 3 heterocycles. The van der Waals surface area contributed by atoms with Gasteiger partial charge >= 0.3 is 0 Å². The number of nitrogens with zero attached hydrogens (tertiary/aromatic N) is 3. The fraction of sp³-hybridized carbons (Fsp3) is 0.800.